The van der Waals surface area contributed by atoms with Gasteiger partial charge in [-0.25, -0.2) is 0 Å². The first-order valence-electron chi connectivity index (χ1n) is 4.11. The van der Waals surface area contributed by atoms with Gasteiger partial charge in [-0.1, -0.05) is 0 Å². The van der Waals surface area contributed by atoms with Gasteiger partial charge in [-0.3, -0.25) is 0 Å². The Morgan fingerprint density at radius 1 is 1.31 bits per heavy atom. The molecule has 0 aliphatic carbocycles. The van der Waals surface area contributed by atoms with Gasteiger partial charge >= 0.3 is 96.8 Å². The number of halogens is 3. The Morgan fingerprint density at radius 3 is 2.23 bits per heavy atom. The summed E-state index contributed by atoms with van der Waals surface area (Å²) < 4.78 is 9.62. The molecule has 0 aromatic rings. The molecule has 0 bridgehead atoms. The van der Waals surface area contributed by atoms with Crippen LogP contribution < -0.4 is 0 Å². The van der Waals surface area contributed by atoms with Crippen LogP contribution >= 0.6 is 34.8 Å². The van der Waals surface area contributed by atoms with Crippen LogP contribution in [0.15, 0.2) is 0 Å². The third-order valence-electron chi connectivity index (χ3n) is 1.83. The summed E-state index contributed by atoms with van der Waals surface area (Å²) in [6.07, 6.45) is -0.569. The standard InChI is InChI=1S/C7H13Cl3GeO2/c1-5-4-11(2,3)13-6(12-5)7(8,9)10/h5-6H,4H2,1-3H3/t5-,6-/m1/s1. The summed E-state index contributed by atoms with van der Waals surface area (Å²) in [5.74, 6) is 4.28. The maximum absolute atomic E-state index is 5.72. The summed E-state index contributed by atoms with van der Waals surface area (Å²) in [4.78, 5) is 0. The SMILES string of the molecule is C[C@@H]1[CH2][Ge]([CH3])([CH3])[O][C@H](C(Cl)(Cl)Cl)O1. The maximum atomic E-state index is 5.72. The molecule has 1 fully saturated rings. The number of ether oxygens (including phenoxy) is 1. The molecular weight excluding hydrogens is 295 g/mol. The monoisotopic (exact) mass is 308 g/mol. The average Bonchev–Trinajstić information content (AvgIpc) is 1.79. The number of hydrogen-bond acceptors (Lipinski definition) is 2. The molecule has 0 radical (unpaired) electrons. The van der Waals surface area contributed by atoms with Gasteiger partial charge in [0.2, 0.25) is 0 Å². The second-order valence-electron chi connectivity index (χ2n) is 3.90. The molecule has 1 aliphatic rings. The van der Waals surface area contributed by atoms with Gasteiger partial charge in [-0.15, -0.1) is 0 Å². The van der Waals surface area contributed by atoms with E-state index in [1.807, 2.05) is 6.92 Å². The van der Waals surface area contributed by atoms with Crippen LogP contribution in [-0.4, -0.2) is 29.8 Å². The Morgan fingerprint density at radius 2 is 1.85 bits per heavy atom. The summed E-state index contributed by atoms with van der Waals surface area (Å²) in [5, 5.41) is 0.983. The fourth-order valence-corrected chi connectivity index (χ4v) is 7.23. The van der Waals surface area contributed by atoms with Gasteiger partial charge in [-0.2, -0.15) is 0 Å². The second kappa shape index (κ2) is 4.07. The fourth-order valence-electron chi connectivity index (χ4n) is 1.46. The van der Waals surface area contributed by atoms with Crippen LogP contribution in [-0.2, 0) is 8.50 Å². The average molecular weight is 308 g/mol. The summed E-state index contributed by atoms with van der Waals surface area (Å²) in [5.41, 5.74) is 0. The minimum absolute atomic E-state index is 0.129. The fraction of sp³-hybridized carbons (Fsp3) is 1.00. The van der Waals surface area contributed by atoms with Crippen LogP contribution in [0.1, 0.15) is 6.92 Å². The predicted molar refractivity (Wildman–Crippen MR) is 58.0 cm³/mol. The Labute approximate surface area is 96.5 Å². The molecule has 0 saturated carbocycles. The van der Waals surface area contributed by atoms with E-state index >= 15 is 0 Å². The zero-order valence-electron chi connectivity index (χ0n) is 7.81. The molecule has 1 saturated heterocycles. The Kier molecular flexibility index (Phi) is 3.88. The van der Waals surface area contributed by atoms with E-state index in [0.717, 1.165) is 5.25 Å². The molecular formula is C7H13Cl3GeO2. The van der Waals surface area contributed by atoms with E-state index < -0.39 is 23.7 Å². The first-order chi connectivity index (χ1) is 5.71. The molecule has 1 aliphatic heterocycles. The van der Waals surface area contributed by atoms with Gasteiger partial charge in [0, 0.05) is 0 Å². The molecule has 2 nitrogen and oxygen atoms in total. The van der Waals surface area contributed by atoms with E-state index in [2.05, 4.69) is 11.5 Å². The van der Waals surface area contributed by atoms with Gasteiger partial charge in [0.25, 0.3) is 0 Å². The molecule has 2 atom stereocenters. The first-order valence-corrected chi connectivity index (χ1v) is 11.8. The van der Waals surface area contributed by atoms with E-state index in [-0.39, 0.29) is 6.10 Å². The Balaban J connectivity index is 2.69. The molecule has 78 valence electrons. The zero-order valence-corrected chi connectivity index (χ0v) is 12.2. The van der Waals surface area contributed by atoms with Crippen molar-refractivity contribution in [1.29, 1.82) is 0 Å². The van der Waals surface area contributed by atoms with Crippen LogP contribution in [0, 0.1) is 0 Å². The van der Waals surface area contributed by atoms with Gasteiger partial charge in [-0.05, 0) is 0 Å². The quantitative estimate of drug-likeness (QED) is 0.505. The molecule has 0 unspecified atom stereocenters. The first kappa shape index (κ1) is 12.4. The zero-order chi connectivity index (χ0) is 10.3. The molecule has 6 heteroatoms. The van der Waals surface area contributed by atoms with Crippen molar-refractivity contribution in [3.05, 3.63) is 0 Å². The Bertz CT molecular complexity index is 193. The Hall–Kier alpha value is 1.33. The van der Waals surface area contributed by atoms with Crippen molar-refractivity contribution in [1.82, 2.24) is 0 Å². The second-order valence-corrected chi connectivity index (χ2v) is 15.0. The molecule has 13 heavy (non-hydrogen) atoms. The van der Waals surface area contributed by atoms with E-state index in [1.165, 1.54) is 0 Å². The van der Waals surface area contributed by atoms with Crippen molar-refractivity contribution >= 4 is 48.4 Å². The van der Waals surface area contributed by atoms with Crippen LogP contribution in [0.2, 0.25) is 16.8 Å². The van der Waals surface area contributed by atoms with Crippen molar-refractivity contribution in [2.75, 3.05) is 0 Å². The van der Waals surface area contributed by atoms with Crippen molar-refractivity contribution in [2.45, 2.75) is 39.9 Å². The van der Waals surface area contributed by atoms with Crippen molar-refractivity contribution in [2.24, 2.45) is 0 Å². The van der Waals surface area contributed by atoms with Crippen molar-refractivity contribution < 1.29 is 8.50 Å². The number of rotatable bonds is 0. The predicted octanol–water partition coefficient (Wildman–Crippen LogP) is 3.32. The topological polar surface area (TPSA) is 18.5 Å². The molecule has 0 N–H and O–H groups in total. The normalized spacial score (nSPS) is 34.6. The molecule has 0 amide bonds. The molecule has 1 heterocycles. The van der Waals surface area contributed by atoms with E-state index in [0.29, 0.717) is 0 Å². The van der Waals surface area contributed by atoms with Gasteiger partial charge in [0.05, 0.1) is 0 Å². The van der Waals surface area contributed by atoms with Crippen LogP contribution in [0.4, 0.5) is 0 Å². The third kappa shape index (κ3) is 3.76. The summed E-state index contributed by atoms with van der Waals surface area (Å²) in [6, 6.07) is 0. The van der Waals surface area contributed by atoms with Crippen molar-refractivity contribution in [3.63, 3.8) is 0 Å². The number of hydrogen-bond donors (Lipinski definition) is 0. The van der Waals surface area contributed by atoms with Gasteiger partial charge < -0.3 is 0 Å². The van der Waals surface area contributed by atoms with E-state index in [9.17, 15) is 0 Å². The van der Waals surface area contributed by atoms with Crippen LogP contribution in [0.25, 0.3) is 0 Å². The summed E-state index contributed by atoms with van der Waals surface area (Å²) in [6.45, 7) is 1.99. The number of alkyl halides is 3. The summed E-state index contributed by atoms with van der Waals surface area (Å²) >= 11 is 14.9. The van der Waals surface area contributed by atoms with E-state index in [1.54, 1.807) is 0 Å². The molecule has 1 rings (SSSR count). The van der Waals surface area contributed by atoms with Gasteiger partial charge in [0.1, 0.15) is 0 Å². The molecule has 0 aromatic heterocycles. The minimum atomic E-state index is -2.20. The van der Waals surface area contributed by atoms with Crippen molar-refractivity contribution in [3.8, 4) is 0 Å². The molecule has 0 aromatic carbocycles. The summed E-state index contributed by atoms with van der Waals surface area (Å²) in [7, 11) is 0. The van der Waals surface area contributed by atoms with Crippen LogP contribution in [0.5, 0.6) is 0 Å². The van der Waals surface area contributed by atoms with E-state index in [4.69, 9.17) is 43.3 Å². The molecule has 0 spiro atoms. The van der Waals surface area contributed by atoms with Crippen LogP contribution in [0.3, 0.4) is 0 Å². The third-order valence-corrected chi connectivity index (χ3v) is 7.42. The van der Waals surface area contributed by atoms with Gasteiger partial charge in [0.15, 0.2) is 0 Å².